The smallest absolute Gasteiger partial charge is 0.326 e. The Morgan fingerprint density at radius 1 is 0.500 bits per heavy atom. The number of rotatable bonds is 30. The minimum atomic E-state index is -1.51. The summed E-state index contributed by atoms with van der Waals surface area (Å²) >= 11 is 0. The molecule has 7 atom stereocenters. The number of guanidine groups is 2. The highest BCUT2D eigenvalue weighted by Crippen LogP contribution is 2.11. The van der Waals surface area contributed by atoms with Crippen LogP contribution in [0, 0.1) is 0 Å². The molecule has 0 heterocycles. The van der Waals surface area contributed by atoms with E-state index in [4.69, 9.17) is 45.9 Å². The van der Waals surface area contributed by atoms with Gasteiger partial charge in [-0.2, -0.15) is 0 Å². The van der Waals surface area contributed by atoms with Gasteiger partial charge in [-0.15, -0.1) is 0 Å². The van der Waals surface area contributed by atoms with Gasteiger partial charge in [-0.1, -0.05) is 0 Å². The van der Waals surface area contributed by atoms with Gasteiger partial charge in [0.2, 0.25) is 53.2 Å². The third kappa shape index (κ3) is 21.5. The molecule has 27 nitrogen and oxygen atoms in total. The molecule has 0 spiro atoms. The average molecular weight is 885 g/mol. The molecule has 0 fully saturated rings. The van der Waals surface area contributed by atoms with Crippen molar-refractivity contribution in [2.45, 2.75) is 120 Å². The highest BCUT2D eigenvalue weighted by Gasteiger charge is 2.36. The van der Waals surface area contributed by atoms with Crippen molar-refractivity contribution in [1.82, 2.24) is 31.1 Å². The van der Waals surface area contributed by atoms with Crippen molar-refractivity contribution in [3.05, 3.63) is 0 Å². The highest BCUT2D eigenvalue weighted by molar-refractivity contribution is 5.97. The van der Waals surface area contributed by atoms with Crippen molar-refractivity contribution in [2.75, 3.05) is 27.2 Å². The Hall–Kier alpha value is -6.80. The van der Waals surface area contributed by atoms with E-state index >= 15 is 0 Å². The lowest BCUT2D eigenvalue weighted by Crippen LogP contribution is -2.59. The van der Waals surface area contributed by atoms with Gasteiger partial charge in [-0.3, -0.25) is 53.1 Å². The fourth-order valence-corrected chi connectivity index (χ4v) is 5.42. The molecule has 0 aromatic heterocycles. The van der Waals surface area contributed by atoms with Gasteiger partial charge in [-0.25, -0.2) is 4.79 Å². The van der Waals surface area contributed by atoms with Gasteiger partial charge >= 0.3 is 5.97 Å². The van der Waals surface area contributed by atoms with Crippen molar-refractivity contribution < 1.29 is 53.1 Å². The Labute approximate surface area is 358 Å². The number of aliphatic imine (C=N–C) groups is 2. The quantitative estimate of drug-likeness (QED) is 0.0181. The van der Waals surface area contributed by atoms with Crippen molar-refractivity contribution in [2.24, 2.45) is 55.9 Å². The Balaban J connectivity index is 6.12. The molecule has 0 radical (unpaired) electrons. The van der Waals surface area contributed by atoms with Crippen LogP contribution in [0.4, 0.5) is 0 Å². The van der Waals surface area contributed by atoms with E-state index in [9.17, 15) is 53.1 Å². The fourth-order valence-electron chi connectivity index (χ4n) is 5.42. The second-order valence-corrected chi connectivity index (χ2v) is 14.4. The molecule has 21 N–H and O–H groups in total. The van der Waals surface area contributed by atoms with Crippen molar-refractivity contribution >= 4 is 71.1 Å². The van der Waals surface area contributed by atoms with Gasteiger partial charge in [0.15, 0.2) is 11.9 Å². The molecule has 0 unspecified atom stereocenters. The molecule has 0 aliphatic rings. The van der Waals surface area contributed by atoms with Crippen LogP contribution in [0.25, 0.3) is 0 Å². The minimum Gasteiger partial charge on any atom is -0.480 e. The topological polar surface area (TPSA) is 478 Å². The number of carboxylic acids is 1. The number of primary amides is 3. The number of carbonyl (C=O) groups excluding carboxylic acids is 9. The van der Waals surface area contributed by atoms with Crippen LogP contribution >= 0.6 is 0 Å². The Bertz CT molecular complexity index is 1670. The maximum absolute atomic E-state index is 13.8. The first-order valence-electron chi connectivity index (χ1n) is 19.5. The molecule has 0 aromatic rings. The van der Waals surface area contributed by atoms with Gasteiger partial charge in [0, 0.05) is 46.4 Å². The van der Waals surface area contributed by atoms with Gasteiger partial charge < -0.3 is 82.0 Å². The number of nitrogens with one attached hydrogen (secondary N) is 4. The van der Waals surface area contributed by atoms with Crippen LogP contribution in [0.5, 0.6) is 0 Å². The van der Waals surface area contributed by atoms with E-state index in [1.54, 1.807) is 0 Å². The van der Waals surface area contributed by atoms with E-state index in [1.807, 2.05) is 0 Å². The number of carboxylic acid groups (broad SMARTS) is 1. The largest absolute Gasteiger partial charge is 0.480 e. The second-order valence-electron chi connectivity index (χ2n) is 14.4. The van der Waals surface area contributed by atoms with Crippen LogP contribution < -0.4 is 67.1 Å². The van der Waals surface area contributed by atoms with E-state index in [2.05, 4.69) is 31.3 Å². The number of amides is 9. The van der Waals surface area contributed by atoms with Crippen LogP contribution in [0.3, 0.4) is 0 Å². The maximum Gasteiger partial charge on any atom is 0.326 e. The summed E-state index contributed by atoms with van der Waals surface area (Å²) in [6, 6.07) is -9.63. The zero-order valence-corrected chi connectivity index (χ0v) is 35.5. The zero-order chi connectivity index (χ0) is 47.9. The summed E-state index contributed by atoms with van der Waals surface area (Å²) in [5.41, 5.74) is 42.9. The van der Waals surface area contributed by atoms with E-state index in [0.29, 0.717) is 6.42 Å². The van der Waals surface area contributed by atoms with Gasteiger partial charge in [0.25, 0.3) is 0 Å². The van der Waals surface area contributed by atoms with Crippen LogP contribution in [0.1, 0.15) is 78.1 Å². The van der Waals surface area contributed by atoms with Gasteiger partial charge in [0.05, 0.1) is 6.04 Å². The van der Waals surface area contributed by atoms with Crippen LogP contribution in [-0.4, -0.2) is 155 Å². The summed E-state index contributed by atoms with van der Waals surface area (Å²) in [6.45, 7) is 2.81. The third-order valence-electron chi connectivity index (χ3n) is 9.38. The SMILES string of the molecule is C[C@H](C(=O)N[C@@H](CCC(N)=O)C(=O)N[C@@H](CCCN=C(N)N)C(=O)O)N(C)C(=O)[C@H](CCC(N)=O)NC(=O)[C@@H](C)N(C)C(=O)[C@H](CCC(N)=O)NC(=O)[C@@H](N)CCCN=C(N)N. The minimum absolute atomic E-state index is 0.0650. The van der Waals surface area contributed by atoms with Gasteiger partial charge in [-0.05, 0) is 58.8 Å². The number of nitrogens with zero attached hydrogens (tertiary/aromatic N) is 4. The van der Waals surface area contributed by atoms with Crippen LogP contribution in [0.2, 0.25) is 0 Å². The van der Waals surface area contributed by atoms with Crippen LogP contribution in [0.15, 0.2) is 9.98 Å². The summed E-state index contributed by atoms with van der Waals surface area (Å²) in [4.78, 5) is 137. The first kappa shape index (κ1) is 55.2. The standard InChI is InChI=1S/C35H64N16O11/c1-17(27(55)46-20(9-12-24(37)52)30(58)49-23(33(61)62)8-6-16-45-35(42)43)50(3)31(59)21(10-13-25(38)53)47-28(56)18(2)51(4)32(60)22(11-14-26(39)54)48-29(57)19(36)7-5-15-44-34(40)41/h17-23H,5-16,36H2,1-4H3,(H2,37,52)(H2,38,53)(H2,39,54)(H,46,55)(H,47,56)(H,48,57)(H,49,58)(H,61,62)(H4,40,41,44)(H4,42,43,45)/t17-,18-,19+,20+,21+,22+,23+/m1/s1. The second kappa shape index (κ2) is 27.9. The fraction of sp³-hybridized carbons (Fsp3) is 0.657. The molecular formula is C35H64N16O11. The summed E-state index contributed by atoms with van der Waals surface area (Å²) in [7, 11) is 2.41. The molecule has 350 valence electrons. The average Bonchev–Trinajstić information content (AvgIpc) is 3.19. The van der Waals surface area contributed by atoms with Gasteiger partial charge in [0.1, 0.15) is 36.3 Å². The first-order chi connectivity index (χ1) is 28.8. The molecule has 0 aromatic carbocycles. The molecular weight excluding hydrogens is 820 g/mol. The summed E-state index contributed by atoms with van der Waals surface area (Å²) < 4.78 is 0. The lowest BCUT2D eigenvalue weighted by Gasteiger charge is -2.32. The first-order valence-corrected chi connectivity index (χ1v) is 19.5. The number of carbonyl (C=O) groups is 10. The molecule has 0 saturated heterocycles. The lowest BCUT2D eigenvalue weighted by atomic mass is 10.1. The number of likely N-dealkylation sites (N-methyl/N-ethyl adjacent to an activating group) is 2. The molecule has 62 heavy (non-hydrogen) atoms. The normalized spacial score (nSPS) is 14.1. The predicted octanol–water partition coefficient (Wildman–Crippen LogP) is -7.07. The van der Waals surface area contributed by atoms with Crippen molar-refractivity contribution in [1.29, 1.82) is 0 Å². The lowest BCUT2D eigenvalue weighted by molar-refractivity contribution is -0.145. The molecule has 0 rings (SSSR count). The summed E-state index contributed by atoms with van der Waals surface area (Å²) in [6.07, 6.45) is -1.58. The number of hydrogen-bond donors (Lipinski definition) is 13. The molecule has 0 aliphatic carbocycles. The van der Waals surface area contributed by atoms with Crippen LogP contribution in [-0.2, 0) is 47.9 Å². The molecule has 0 aliphatic heterocycles. The zero-order valence-electron chi connectivity index (χ0n) is 35.5. The maximum atomic E-state index is 13.8. The number of aliphatic carboxylic acids is 1. The molecule has 9 amide bonds. The monoisotopic (exact) mass is 884 g/mol. The van der Waals surface area contributed by atoms with E-state index in [0.717, 1.165) is 9.80 Å². The van der Waals surface area contributed by atoms with Crippen molar-refractivity contribution in [3.8, 4) is 0 Å². The van der Waals surface area contributed by atoms with E-state index < -0.39 is 114 Å². The molecule has 0 saturated carbocycles. The number of hydrogen-bond acceptors (Lipinski definition) is 13. The summed E-state index contributed by atoms with van der Waals surface area (Å²) in [5, 5.41) is 19.2. The Kier molecular flexibility index (Phi) is 24.8. The molecule has 27 heteroatoms. The van der Waals surface area contributed by atoms with E-state index in [1.165, 1.54) is 27.9 Å². The van der Waals surface area contributed by atoms with Crippen molar-refractivity contribution in [3.63, 3.8) is 0 Å². The molecule has 0 bridgehead atoms. The summed E-state index contributed by atoms with van der Waals surface area (Å²) in [5.74, 6) is -9.54. The third-order valence-corrected chi connectivity index (χ3v) is 9.38. The van der Waals surface area contributed by atoms with E-state index in [-0.39, 0.29) is 70.0 Å². The highest BCUT2D eigenvalue weighted by atomic mass is 16.4. The Morgan fingerprint density at radius 3 is 1.21 bits per heavy atom. The predicted molar refractivity (Wildman–Crippen MR) is 223 cm³/mol. The number of nitrogens with two attached hydrogens (primary N) is 8. The Morgan fingerprint density at radius 2 is 0.839 bits per heavy atom.